The molecule has 0 saturated carbocycles. The molecule has 2 fully saturated rings. The van der Waals surface area contributed by atoms with Crippen LogP contribution in [0, 0.1) is 0 Å². The molecule has 0 aliphatic carbocycles. The summed E-state index contributed by atoms with van der Waals surface area (Å²) in [6.45, 7) is 0. The van der Waals surface area contributed by atoms with Crippen molar-refractivity contribution < 1.29 is 15.0 Å². The number of carbonyl (C=O) groups is 1. The van der Waals surface area contributed by atoms with Crippen molar-refractivity contribution >= 4 is 5.97 Å². The maximum absolute atomic E-state index is 12.0. The van der Waals surface area contributed by atoms with E-state index in [0.29, 0.717) is 18.0 Å². The number of nitrogens with zero attached hydrogens (tertiary/aromatic N) is 1. The number of piperidine rings is 1. The normalized spacial score (nSPS) is 38.3. The van der Waals surface area contributed by atoms with Crippen LogP contribution in [0.15, 0.2) is 30.3 Å². The third kappa shape index (κ3) is 1.56. The van der Waals surface area contributed by atoms with Gasteiger partial charge in [-0.05, 0) is 31.9 Å². The molecule has 102 valence electrons. The van der Waals surface area contributed by atoms with Crippen LogP contribution in [0.5, 0.6) is 0 Å². The van der Waals surface area contributed by atoms with Gasteiger partial charge in [-0.15, -0.1) is 0 Å². The highest BCUT2D eigenvalue weighted by Crippen LogP contribution is 2.47. The number of hydrogen-bond donors (Lipinski definition) is 2. The standard InChI is InChI=1S/C15H19NO3/c1-16-11-7-8-12(16)15(14(18)19,13(17)9-11)10-5-3-2-4-6-10/h2-6,11-13,17H,7-9H2,1H3,(H,18,19)/t11-,12+,13-,15+/m0/s1. The van der Waals surface area contributed by atoms with E-state index in [0.717, 1.165) is 12.8 Å². The molecule has 1 aromatic carbocycles. The highest BCUT2D eigenvalue weighted by Gasteiger charge is 2.60. The first-order valence-corrected chi connectivity index (χ1v) is 6.77. The van der Waals surface area contributed by atoms with Gasteiger partial charge in [0.2, 0.25) is 0 Å². The van der Waals surface area contributed by atoms with Crippen LogP contribution < -0.4 is 0 Å². The zero-order chi connectivity index (χ0) is 13.6. The van der Waals surface area contributed by atoms with E-state index in [1.807, 2.05) is 37.4 Å². The first kappa shape index (κ1) is 12.6. The number of rotatable bonds is 2. The third-order valence-corrected chi connectivity index (χ3v) is 4.99. The molecule has 2 bridgehead atoms. The summed E-state index contributed by atoms with van der Waals surface area (Å²) in [6, 6.07) is 9.39. The molecule has 3 rings (SSSR count). The van der Waals surface area contributed by atoms with Crippen LogP contribution in [0.2, 0.25) is 0 Å². The van der Waals surface area contributed by atoms with E-state index in [-0.39, 0.29) is 6.04 Å². The maximum Gasteiger partial charge on any atom is 0.318 e. The Balaban J connectivity index is 2.17. The predicted octanol–water partition coefficient (Wildman–Crippen LogP) is 1.24. The summed E-state index contributed by atoms with van der Waals surface area (Å²) in [5.41, 5.74) is -0.476. The van der Waals surface area contributed by atoms with Gasteiger partial charge < -0.3 is 10.2 Å². The van der Waals surface area contributed by atoms with Crippen molar-refractivity contribution in [3.63, 3.8) is 0 Å². The summed E-state index contributed by atoms with van der Waals surface area (Å²) in [7, 11) is 1.98. The first-order valence-electron chi connectivity index (χ1n) is 6.77. The molecule has 0 aromatic heterocycles. The average molecular weight is 261 g/mol. The zero-order valence-electron chi connectivity index (χ0n) is 11.0. The van der Waals surface area contributed by atoms with Crippen LogP contribution in [-0.4, -0.2) is 46.3 Å². The Bertz CT molecular complexity index is 489. The molecule has 1 aromatic rings. The highest BCUT2D eigenvalue weighted by atomic mass is 16.4. The van der Waals surface area contributed by atoms with Crippen LogP contribution in [-0.2, 0) is 10.2 Å². The third-order valence-electron chi connectivity index (χ3n) is 4.99. The Morgan fingerprint density at radius 1 is 1.32 bits per heavy atom. The van der Waals surface area contributed by atoms with Crippen molar-refractivity contribution in [3.8, 4) is 0 Å². The van der Waals surface area contributed by atoms with Crippen molar-refractivity contribution in [3.05, 3.63) is 35.9 Å². The van der Waals surface area contributed by atoms with E-state index in [1.54, 1.807) is 0 Å². The van der Waals surface area contributed by atoms with Gasteiger partial charge in [0, 0.05) is 12.1 Å². The van der Waals surface area contributed by atoms with E-state index in [9.17, 15) is 15.0 Å². The van der Waals surface area contributed by atoms with Crippen molar-refractivity contribution in [2.75, 3.05) is 7.05 Å². The Morgan fingerprint density at radius 2 is 2.00 bits per heavy atom. The summed E-state index contributed by atoms with van der Waals surface area (Å²) in [5.74, 6) is -0.914. The molecule has 2 aliphatic heterocycles. The van der Waals surface area contributed by atoms with Crippen LogP contribution in [0.4, 0.5) is 0 Å². The zero-order valence-corrected chi connectivity index (χ0v) is 11.0. The van der Waals surface area contributed by atoms with Crippen LogP contribution in [0.25, 0.3) is 0 Å². The van der Waals surface area contributed by atoms with Crippen LogP contribution in [0.3, 0.4) is 0 Å². The van der Waals surface area contributed by atoms with Crippen LogP contribution >= 0.6 is 0 Å². The molecular weight excluding hydrogens is 242 g/mol. The van der Waals surface area contributed by atoms with Crippen molar-refractivity contribution in [1.82, 2.24) is 4.90 Å². The Hall–Kier alpha value is -1.39. The minimum absolute atomic E-state index is 0.124. The number of fused-ring (bicyclic) bond motifs is 2. The van der Waals surface area contributed by atoms with Gasteiger partial charge in [-0.2, -0.15) is 0 Å². The fourth-order valence-electron chi connectivity index (χ4n) is 4.02. The molecule has 2 saturated heterocycles. The molecule has 0 unspecified atom stereocenters. The summed E-state index contributed by atoms with van der Waals surface area (Å²) in [4.78, 5) is 14.2. The number of aliphatic carboxylic acids is 1. The average Bonchev–Trinajstić information content (AvgIpc) is 2.67. The number of aliphatic hydroxyl groups is 1. The molecule has 2 N–H and O–H groups in total. The molecule has 0 radical (unpaired) electrons. The second-order valence-corrected chi connectivity index (χ2v) is 5.70. The predicted molar refractivity (Wildman–Crippen MR) is 71.0 cm³/mol. The summed E-state index contributed by atoms with van der Waals surface area (Å²) >= 11 is 0. The number of carboxylic acid groups (broad SMARTS) is 1. The molecule has 2 heterocycles. The van der Waals surface area contributed by atoms with Gasteiger partial charge in [0.05, 0.1) is 6.10 Å². The second-order valence-electron chi connectivity index (χ2n) is 5.70. The van der Waals surface area contributed by atoms with Gasteiger partial charge in [-0.3, -0.25) is 9.69 Å². The number of aliphatic hydroxyl groups excluding tert-OH is 1. The second kappa shape index (κ2) is 4.32. The lowest BCUT2D eigenvalue weighted by atomic mass is 9.67. The lowest BCUT2D eigenvalue weighted by Crippen LogP contribution is -2.63. The molecule has 4 heteroatoms. The molecular formula is C15H19NO3. The Morgan fingerprint density at radius 3 is 2.63 bits per heavy atom. The first-order chi connectivity index (χ1) is 9.08. The summed E-state index contributed by atoms with van der Waals surface area (Å²) in [5, 5.41) is 20.4. The van der Waals surface area contributed by atoms with Gasteiger partial charge in [0.25, 0.3) is 0 Å². The maximum atomic E-state index is 12.0. The molecule has 2 aliphatic rings. The minimum atomic E-state index is -1.19. The van der Waals surface area contributed by atoms with Crippen molar-refractivity contribution in [2.45, 2.75) is 42.9 Å². The SMILES string of the molecule is CN1[C@H]2CC[C@@H]1[C@](C(=O)O)(c1ccccc1)[C@@H](O)C2. The monoisotopic (exact) mass is 261 g/mol. The highest BCUT2D eigenvalue weighted by molar-refractivity contribution is 5.84. The number of carboxylic acids is 1. The molecule has 0 amide bonds. The number of benzene rings is 1. The van der Waals surface area contributed by atoms with Gasteiger partial charge in [0.1, 0.15) is 5.41 Å². The lowest BCUT2D eigenvalue weighted by Gasteiger charge is -2.48. The number of likely N-dealkylation sites (N-methyl/N-ethyl adjacent to an activating group) is 1. The van der Waals surface area contributed by atoms with Gasteiger partial charge in [-0.25, -0.2) is 0 Å². The largest absolute Gasteiger partial charge is 0.480 e. The van der Waals surface area contributed by atoms with Crippen LogP contribution in [0.1, 0.15) is 24.8 Å². The van der Waals surface area contributed by atoms with E-state index < -0.39 is 17.5 Å². The van der Waals surface area contributed by atoms with E-state index in [4.69, 9.17) is 0 Å². The lowest BCUT2D eigenvalue weighted by molar-refractivity contribution is -0.157. The van der Waals surface area contributed by atoms with Crippen molar-refractivity contribution in [1.29, 1.82) is 0 Å². The minimum Gasteiger partial charge on any atom is -0.480 e. The smallest absolute Gasteiger partial charge is 0.318 e. The van der Waals surface area contributed by atoms with Gasteiger partial charge in [-0.1, -0.05) is 30.3 Å². The fraction of sp³-hybridized carbons (Fsp3) is 0.533. The van der Waals surface area contributed by atoms with Gasteiger partial charge in [0.15, 0.2) is 0 Å². The summed E-state index contributed by atoms with van der Waals surface area (Å²) in [6.07, 6.45) is 1.52. The molecule has 4 nitrogen and oxygen atoms in total. The van der Waals surface area contributed by atoms with E-state index in [2.05, 4.69) is 4.90 Å². The fourth-order valence-corrected chi connectivity index (χ4v) is 4.02. The molecule has 0 spiro atoms. The summed E-state index contributed by atoms with van der Waals surface area (Å²) < 4.78 is 0. The quantitative estimate of drug-likeness (QED) is 0.841. The number of hydrogen-bond acceptors (Lipinski definition) is 3. The molecule has 4 atom stereocenters. The Kier molecular flexibility index (Phi) is 2.87. The topological polar surface area (TPSA) is 60.8 Å². The molecule has 19 heavy (non-hydrogen) atoms. The van der Waals surface area contributed by atoms with E-state index in [1.165, 1.54) is 0 Å². The van der Waals surface area contributed by atoms with E-state index >= 15 is 0 Å². The van der Waals surface area contributed by atoms with Crippen molar-refractivity contribution in [2.24, 2.45) is 0 Å². The van der Waals surface area contributed by atoms with Gasteiger partial charge >= 0.3 is 5.97 Å². The Labute approximate surface area is 112 Å².